The largest absolute Gasteiger partial charge is 0.351 e. The normalized spacial score (nSPS) is 18.6. The van der Waals surface area contributed by atoms with Gasteiger partial charge in [0.15, 0.2) is 15.0 Å². The van der Waals surface area contributed by atoms with Gasteiger partial charge in [-0.1, -0.05) is 65.8 Å². The van der Waals surface area contributed by atoms with Gasteiger partial charge in [0.2, 0.25) is 5.91 Å². The molecule has 31 heavy (non-hydrogen) atoms. The van der Waals surface area contributed by atoms with E-state index in [1.807, 2.05) is 59.2 Å². The zero-order valence-corrected chi connectivity index (χ0v) is 19.3. The average molecular weight is 476 g/mol. The second-order valence-electron chi connectivity index (χ2n) is 7.45. The molecule has 0 unspecified atom stereocenters. The van der Waals surface area contributed by atoms with Crippen LogP contribution in [-0.4, -0.2) is 46.7 Å². The molecular weight excluding hydrogens is 454 g/mol. The molecule has 162 valence electrons. The van der Waals surface area contributed by atoms with E-state index in [-0.39, 0.29) is 23.5 Å². The Balaban J connectivity index is 1.62. The minimum absolute atomic E-state index is 0.00251. The molecule has 0 radical (unpaired) electrons. The first-order valence-corrected chi connectivity index (χ1v) is 13.0. The van der Waals surface area contributed by atoms with Crippen molar-refractivity contribution < 1.29 is 13.2 Å². The van der Waals surface area contributed by atoms with Crippen molar-refractivity contribution in [3.05, 3.63) is 65.8 Å². The molecule has 0 spiro atoms. The topological polar surface area (TPSA) is 81.1 Å². The summed E-state index contributed by atoms with van der Waals surface area (Å²) in [6.45, 7) is 1.79. The Bertz CT molecular complexity index is 1200. The third-order valence-electron chi connectivity index (χ3n) is 5.12. The molecule has 2 atom stereocenters. The minimum Gasteiger partial charge on any atom is -0.351 e. The summed E-state index contributed by atoms with van der Waals surface area (Å²) < 4.78 is 25.3. The lowest BCUT2D eigenvalue weighted by molar-refractivity contribution is -0.120. The molecular formula is C22H22ClN3O3S2. The van der Waals surface area contributed by atoms with Crippen molar-refractivity contribution in [3.63, 3.8) is 0 Å². The maximum atomic E-state index is 12.7. The second kappa shape index (κ2) is 9.06. The van der Waals surface area contributed by atoms with Gasteiger partial charge in [0.25, 0.3) is 0 Å². The fourth-order valence-corrected chi connectivity index (χ4v) is 6.34. The van der Waals surface area contributed by atoms with E-state index in [0.29, 0.717) is 16.6 Å². The summed E-state index contributed by atoms with van der Waals surface area (Å²) in [5.41, 5.74) is 2.62. The molecule has 1 saturated heterocycles. The molecule has 9 heteroatoms. The highest BCUT2D eigenvalue weighted by atomic mass is 35.5. The zero-order valence-electron chi connectivity index (χ0n) is 16.9. The van der Waals surface area contributed by atoms with E-state index in [1.165, 1.54) is 11.8 Å². The summed E-state index contributed by atoms with van der Waals surface area (Å²) in [7, 11) is -3.05. The number of nitrogens with one attached hydrogen (secondary N) is 1. The summed E-state index contributed by atoms with van der Waals surface area (Å²) in [6.07, 6.45) is 2.23. The van der Waals surface area contributed by atoms with E-state index in [1.54, 1.807) is 13.1 Å². The molecule has 1 aliphatic rings. The molecule has 1 N–H and O–H groups in total. The predicted molar refractivity (Wildman–Crippen MR) is 125 cm³/mol. The van der Waals surface area contributed by atoms with Crippen molar-refractivity contribution >= 4 is 39.1 Å². The highest BCUT2D eigenvalue weighted by Crippen LogP contribution is 2.34. The molecule has 6 nitrogen and oxygen atoms in total. The number of halogens is 1. The van der Waals surface area contributed by atoms with E-state index in [0.717, 1.165) is 16.9 Å². The van der Waals surface area contributed by atoms with Gasteiger partial charge in [0.05, 0.1) is 39.4 Å². The highest BCUT2D eigenvalue weighted by Gasteiger charge is 2.30. The highest BCUT2D eigenvalue weighted by molar-refractivity contribution is 8.00. The number of aromatic nitrogens is 2. The number of rotatable bonds is 6. The molecule has 0 aliphatic carbocycles. The van der Waals surface area contributed by atoms with Gasteiger partial charge in [-0.05, 0) is 25.5 Å². The first-order chi connectivity index (χ1) is 14.8. The van der Waals surface area contributed by atoms with Crippen LogP contribution < -0.4 is 5.32 Å². The van der Waals surface area contributed by atoms with Crippen molar-refractivity contribution in [2.24, 2.45) is 0 Å². The first kappa shape index (κ1) is 21.9. The van der Waals surface area contributed by atoms with Crippen LogP contribution in [0, 0.1) is 0 Å². The van der Waals surface area contributed by atoms with Crippen LogP contribution in [-0.2, 0) is 14.6 Å². The summed E-state index contributed by atoms with van der Waals surface area (Å²) in [4.78, 5) is 17.3. The lowest BCUT2D eigenvalue weighted by Gasteiger charge is -2.17. The van der Waals surface area contributed by atoms with Gasteiger partial charge in [-0.15, -0.1) is 0 Å². The average Bonchev–Trinajstić information content (AvgIpc) is 3.31. The fraction of sp³-hybridized carbons (Fsp3) is 0.273. The second-order valence-corrected chi connectivity index (χ2v) is 11.4. The van der Waals surface area contributed by atoms with Crippen LogP contribution in [0.25, 0.3) is 16.9 Å². The molecule has 0 saturated carbocycles. The van der Waals surface area contributed by atoms with Gasteiger partial charge in [0, 0.05) is 11.6 Å². The summed E-state index contributed by atoms with van der Waals surface area (Å²) in [6, 6.07) is 17.0. The minimum atomic E-state index is -3.05. The van der Waals surface area contributed by atoms with Gasteiger partial charge >= 0.3 is 0 Å². The molecule has 2 aromatic carbocycles. The Hall–Kier alpha value is -2.29. The van der Waals surface area contributed by atoms with Crippen LogP contribution in [0.3, 0.4) is 0 Å². The molecule has 4 rings (SSSR count). The number of carbonyl (C=O) groups excluding carboxylic acids is 1. The van der Waals surface area contributed by atoms with E-state index < -0.39 is 15.1 Å². The van der Waals surface area contributed by atoms with Gasteiger partial charge in [0.1, 0.15) is 0 Å². The van der Waals surface area contributed by atoms with E-state index in [2.05, 4.69) is 10.3 Å². The number of hydrogen-bond donors (Lipinski definition) is 1. The number of hydrogen-bond acceptors (Lipinski definition) is 5. The number of thioether (sulfide) groups is 1. The van der Waals surface area contributed by atoms with Crippen molar-refractivity contribution in [2.75, 3.05) is 11.5 Å². The molecule has 1 amide bonds. The van der Waals surface area contributed by atoms with Crippen LogP contribution >= 0.6 is 23.4 Å². The number of benzene rings is 2. The number of para-hydroxylation sites is 1. The van der Waals surface area contributed by atoms with Gasteiger partial charge in [-0.25, -0.2) is 13.4 Å². The summed E-state index contributed by atoms with van der Waals surface area (Å²) in [5, 5.41) is 3.61. The lowest BCUT2D eigenvalue weighted by Crippen LogP contribution is -2.40. The van der Waals surface area contributed by atoms with Crippen molar-refractivity contribution in [1.29, 1.82) is 0 Å². The van der Waals surface area contributed by atoms with Crippen molar-refractivity contribution in [2.45, 2.75) is 29.8 Å². The van der Waals surface area contributed by atoms with Crippen LogP contribution in [0.2, 0.25) is 5.02 Å². The number of amides is 1. The maximum absolute atomic E-state index is 12.7. The van der Waals surface area contributed by atoms with Gasteiger partial charge in [-0.3, -0.25) is 9.36 Å². The molecule has 0 bridgehead atoms. The first-order valence-electron chi connectivity index (χ1n) is 9.89. The van der Waals surface area contributed by atoms with Crippen molar-refractivity contribution in [3.8, 4) is 16.9 Å². The molecule has 1 aliphatic heterocycles. The van der Waals surface area contributed by atoms with Gasteiger partial charge < -0.3 is 5.32 Å². The van der Waals surface area contributed by atoms with Gasteiger partial charge in [-0.2, -0.15) is 0 Å². The van der Waals surface area contributed by atoms with E-state index >= 15 is 0 Å². The number of imidazole rings is 1. The Morgan fingerprint density at radius 3 is 2.58 bits per heavy atom. The van der Waals surface area contributed by atoms with E-state index in [4.69, 9.17) is 11.6 Å². The Kier molecular flexibility index (Phi) is 6.41. The SMILES string of the molecule is C[C@H](Sc1ncc(-c2ccccc2)n1-c1ccccc1Cl)C(=O)N[C@@H]1CCS(=O)(=O)C1. The molecule has 2 heterocycles. The Labute approximate surface area is 190 Å². The quantitative estimate of drug-likeness (QED) is 0.545. The fourth-order valence-electron chi connectivity index (χ4n) is 3.54. The van der Waals surface area contributed by atoms with Crippen LogP contribution in [0.5, 0.6) is 0 Å². The third kappa shape index (κ3) is 4.97. The number of sulfone groups is 1. The predicted octanol–water partition coefficient (Wildman–Crippen LogP) is 3.98. The number of carbonyl (C=O) groups is 1. The van der Waals surface area contributed by atoms with Crippen LogP contribution in [0.4, 0.5) is 0 Å². The van der Waals surface area contributed by atoms with Crippen molar-refractivity contribution in [1.82, 2.24) is 14.9 Å². The summed E-state index contributed by atoms with van der Waals surface area (Å²) in [5.74, 6) is -0.0821. The number of nitrogens with zero attached hydrogens (tertiary/aromatic N) is 2. The summed E-state index contributed by atoms with van der Waals surface area (Å²) >= 11 is 7.80. The van der Waals surface area contributed by atoms with Crippen LogP contribution in [0.1, 0.15) is 13.3 Å². The zero-order chi connectivity index (χ0) is 22.0. The smallest absolute Gasteiger partial charge is 0.233 e. The Morgan fingerprint density at radius 2 is 1.90 bits per heavy atom. The van der Waals surface area contributed by atoms with E-state index in [9.17, 15) is 13.2 Å². The monoisotopic (exact) mass is 475 g/mol. The van der Waals surface area contributed by atoms with Crippen LogP contribution in [0.15, 0.2) is 66.0 Å². The lowest BCUT2D eigenvalue weighted by atomic mass is 10.1. The Morgan fingerprint density at radius 1 is 1.19 bits per heavy atom. The molecule has 1 fully saturated rings. The standard InChI is InChI=1S/C22H22ClN3O3S2/c1-15(21(27)25-17-11-12-31(28,29)14-17)30-22-24-13-20(16-7-3-2-4-8-16)26(22)19-10-6-5-9-18(19)23/h2-10,13,15,17H,11-12,14H2,1H3,(H,25,27)/t15-,17+/m0/s1. The molecule has 1 aromatic heterocycles. The molecule has 3 aromatic rings. The third-order valence-corrected chi connectivity index (χ3v) is 8.28. The maximum Gasteiger partial charge on any atom is 0.233 e.